The fourth-order valence-corrected chi connectivity index (χ4v) is 3.38. The van der Waals surface area contributed by atoms with Gasteiger partial charge in [0, 0.05) is 13.1 Å². The number of morpholine rings is 1. The molecule has 3 atom stereocenters. The van der Waals surface area contributed by atoms with Crippen LogP contribution in [-0.4, -0.2) is 68.9 Å². The first-order chi connectivity index (χ1) is 8.80. The van der Waals surface area contributed by atoms with Crippen molar-refractivity contribution in [1.82, 2.24) is 9.03 Å². The maximum atomic E-state index is 12.1. The van der Waals surface area contributed by atoms with E-state index in [1.165, 1.54) is 4.31 Å². The van der Waals surface area contributed by atoms with Crippen LogP contribution in [0.2, 0.25) is 0 Å². The third kappa shape index (κ3) is 4.39. The fourth-order valence-electron chi connectivity index (χ4n) is 1.88. The van der Waals surface area contributed by atoms with Crippen LogP contribution in [0.3, 0.4) is 0 Å². The minimum Gasteiger partial charge on any atom is -0.468 e. The van der Waals surface area contributed by atoms with Crippen molar-refractivity contribution in [2.45, 2.75) is 32.1 Å². The first-order valence-corrected chi connectivity index (χ1v) is 7.35. The number of carbonyl (C=O) groups excluding carboxylic acids is 1. The zero-order valence-corrected chi connectivity index (χ0v) is 12.0. The van der Waals surface area contributed by atoms with Gasteiger partial charge in [0.1, 0.15) is 6.04 Å². The molecular weight excluding hydrogens is 276 g/mol. The Morgan fingerprint density at radius 3 is 2.42 bits per heavy atom. The second kappa shape index (κ2) is 6.62. The molecule has 1 saturated heterocycles. The van der Waals surface area contributed by atoms with Crippen LogP contribution in [0.4, 0.5) is 0 Å². The Balaban J connectivity index is 2.77. The highest BCUT2D eigenvalue weighted by molar-refractivity contribution is 7.87. The molecule has 8 nitrogen and oxygen atoms in total. The summed E-state index contributed by atoms with van der Waals surface area (Å²) < 4.78 is 37.4. The van der Waals surface area contributed by atoms with Gasteiger partial charge in [-0.15, -0.1) is 0 Å². The van der Waals surface area contributed by atoms with Crippen molar-refractivity contribution in [2.75, 3.05) is 26.8 Å². The van der Waals surface area contributed by atoms with E-state index in [1.54, 1.807) is 13.8 Å². The molecule has 0 aromatic rings. The molecule has 1 rings (SSSR count). The molecule has 0 bridgehead atoms. The third-order valence-corrected chi connectivity index (χ3v) is 4.25. The number of methoxy groups -OCH3 is 1. The Kier molecular flexibility index (Phi) is 5.68. The van der Waals surface area contributed by atoms with Gasteiger partial charge in [-0.05, 0) is 13.8 Å². The zero-order valence-electron chi connectivity index (χ0n) is 11.2. The first-order valence-electron chi connectivity index (χ1n) is 5.91. The van der Waals surface area contributed by atoms with E-state index in [9.17, 15) is 13.2 Å². The average molecular weight is 296 g/mol. The van der Waals surface area contributed by atoms with Gasteiger partial charge in [-0.3, -0.25) is 4.79 Å². The van der Waals surface area contributed by atoms with E-state index in [0.717, 1.165) is 7.11 Å². The summed E-state index contributed by atoms with van der Waals surface area (Å²) in [7, 11) is -2.75. The fraction of sp³-hybridized carbons (Fsp3) is 0.900. The van der Waals surface area contributed by atoms with Crippen LogP contribution < -0.4 is 4.72 Å². The van der Waals surface area contributed by atoms with Gasteiger partial charge in [-0.25, -0.2) is 0 Å². The van der Waals surface area contributed by atoms with E-state index in [-0.39, 0.29) is 25.3 Å². The largest absolute Gasteiger partial charge is 0.468 e. The summed E-state index contributed by atoms with van der Waals surface area (Å²) >= 11 is 0. The van der Waals surface area contributed by atoms with Gasteiger partial charge < -0.3 is 14.6 Å². The van der Waals surface area contributed by atoms with E-state index in [2.05, 4.69) is 9.46 Å². The van der Waals surface area contributed by atoms with E-state index in [1.807, 2.05) is 0 Å². The molecule has 0 saturated carbocycles. The second-order valence-corrected chi connectivity index (χ2v) is 6.16. The number of aliphatic hydroxyl groups is 1. The SMILES string of the molecule is COC(=O)C(CO)NS(=O)(=O)N1CC(C)OC(C)C1. The monoisotopic (exact) mass is 296 g/mol. The number of nitrogens with zero attached hydrogens (tertiary/aromatic N) is 1. The van der Waals surface area contributed by atoms with Crippen LogP contribution in [0, 0.1) is 0 Å². The number of aliphatic hydroxyl groups excluding tert-OH is 1. The third-order valence-electron chi connectivity index (χ3n) is 2.69. The number of hydrogen-bond acceptors (Lipinski definition) is 6. The molecule has 2 N–H and O–H groups in total. The van der Waals surface area contributed by atoms with Crippen molar-refractivity contribution in [2.24, 2.45) is 0 Å². The van der Waals surface area contributed by atoms with Gasteiger partial charge in [0.25, 0.3) is 10.2 Å². The molecule has 1 heterocycles. The Labute approximate surface area is 112 Å². The van der Waals surface area contributed by atoms with Gasteiger partial charge in [-0.1, -0.05) is 0 Å². The lowest BCUT2D eigenvalue weighted by atomic mass is 10.3. The summed E-state index contributed by atoms with van der Waals surface area (Å²) in [5.41, 5.74) is 0. The van der Waals surface area contributed by atoms with E-state index in [0.29, 0.717) is 0 Å². The Hall–Kier alpha value is -0.740. The highest BCUT2D eigenvalue weighted by Gasteiger charge is 2.34. The second-order valence-electron chi connectivity index (χ2n) is 4.46. The topological polar surface area (TPSA) is 105 Å². The van der Waals surface area contributed by atoms with Gasteiger partial charge in [0.15, 0.2) is 0 Å². The molecule has 0 aromatic carbocycles. The quantitative estimate of drug-likeness (QED) is 0.596. The predicted molar refractivity (Wildman–Crippen MR) is 66.5 cm³/mol. The van der Waals surface area contributed by atoms with Crippen LogP contribution >= 0.6 is 0 Å². The van der Waals surface area contributed by atoms with Crippen LogP contribution in [0.5, 0.6) is 0 Å². The maximum absolute atomic E-state index is 12.1. The summed E-state index contributed by atoms with van der Waals surface area (Å²) in [6, 6.07) is -1.30. The smallest absolute Gasteiger partial charge is 0.326 e. The lowest BCUT2D eigenvalue weighted by molar-refractivity contribution is -0.143. The summed E-state index contributed by atoms with van der Waals surface area (Å²) in [5, 5.41) is 9.02. The van der Waals surface area contributed by atoms with Crippen LogP contribution in [-0.2, 0) is 24.5 Å². The molecule has 19 heavy (non-hydrogen) atoms. The van der Waals surface area contributed by atoms with Gasteiger partial charge in [-0.2, -0.15) is 17.4 Å². The molecule has 1 aliphatic rings. The van der Waals surface area contributed by atoms with Crippen molar-refractivity contribution in [3.05, 3.63) is 0 Å². The van der Waals surface area contributed by atoms with Crippen molar-refractivity contribution < 1.29 is 27.8 Å². The Bertz CT molecular complexity index is 402. The zero-order chi connectivity index (χ0) is 14.6. The summed E-state index contributed by atoms with van der Waals surface area (Å²) in [6.07, 6.45) is -0.461. The van der Waals surface area contributed by atoms with Crippen molar-refractivity contribution >= 4 is 16.2 Å². The van der Waals surface area contributed by atoms with Crippen molar-refractivity contribution in [3.63, 3.8) is 0 Å². The van der Waals surface area contributed by atoms with E-state index < -0.39 is 28.8 Å². The Morgan fingerprint density at radius 2 is 2.00 bits per heavy atom. The summed E-state index contributed by atoms with van der Waals surface area (Å²) in [6.45, 7) is 3.25. The lowest BCUT2D eigenvalue weighted by Gasteiger charge is -2.34. The van der Waals surface area contributed by atoms with Crippen LogP contribution in [0.1, 0.15) is 13.8 Å². The van der Waals surface area contributed by atoms with Crippen LogP contribution in [0.25, 0.3) is 0 Å². The highest BCUT2D eigenvalue weighted by atomic mass is 32.2. The number of nitrogens with one attached hydrogen (secondary N) is 1. The number of carbonyl (C=O) groups is 1. The molecule has 0 spiro atoms. The molecule has 9 heteroatoms. The van der Waals surface area contributed by atoms with Gasteiger partial charge in [0.2, 0.25) is 0 Å². The predicted octanol–water partition coefficient (Wildman–Crippen LogP) is -1.54. The normalized spacial score (nSPS) is 26.9. The molecule has 0 aromatic heterocycles. The van der Waals surface area contributed by atoms with Crippen molar-refractivity contribution in [1.29, 1.82) is 0 Å². The summed E-state index contributed by atoms with van der Waals surface area (Å²) in [4.78, 5) is 11.3. The number of hydrogen-bond donors (Lipinski definition) is 2. The minimum atomic E-state index is -3.87. The minimum absolute atomic E-state index is 0.193. The number of rotatable bonds is 5. The average Bonchev–Trinajstić information content (AvgIpc) is 2.34. The lowest BCUT2D eigenvalue weighted by Crippen LogP contribution is -2.55. The molecule has 0 amide bonds. The first kappa shape index (κ1) is 16.3. The molecular formula is C10H20N2O6S. The number of ether oxygens (including phenoxy) is 2. The standard InChI is InChI=1S/C10H20N2O6S/c1-7-4-12(5-8(2)18-7)19(15,16)11-9(6-13)10(14)17-3/h7-9,11,13H,4-6H2,1-3H3. The maximum Gasteiger partial charge on any atom is 0.326 e. The molecule has 1 fully saturated rings. The molecule has 112 valence electrons. The van der Waals surface area contributed by atoms with Crippen LogP contribution in [0.15, 0.2) is 0 Å². The molecule has 0 radical (unpaired) electrons. The molecule has 0 aliphatic carbocycles. The van der Waals surface area contributed by atoms with Crippen molar-refractivity contribution in [3.8, 4) is 0 Å². The van der Waals surface area contributed by atoms with Gasteiger partial charge in [0.05, 0.1) is 25.9 Å². The summed E-state index contributed by atoms with van der Waals surface area (Å²) in [5.74, 6) is -0.833. The highest BCUT2D eigenvalue weighted by Crippen LogP contribution is 2.13. The van der Waals surface area contributed by atoms with E-state index >= 15 is 0 Å². The molecule has 1 aliphatic heterocycles. The molecule has 3 unspecified atom stereocenters. The number of esters is 1. The Morgan fingerprint density at radius 1 is 1.47 bits per heavy atom. The van der Waals surface area contributed by atoms with E-state index in [4.69, 9.17) is 9.84 Å². The van der Waals surface area contributed by atoms with Gasteiger partial charge >= 0.3 is 5.97 Å².